The summed E-state index contributed by atoms with van der Waals surface area (Å²) in [5.74, 6) is 0.00389. The van der Waals surface area contributed by atoms with Gasteiger partial charge < -0.3 is 0 Å². The molecule has 58 valence electrons. The maximum absolute atomic E-state index is 5.70. The predicted molar refractivity (Wildman–Crippen MR) is 51.6 cm³/mol. The molecule has 2 rings (SSSR count). The molecular weight excluding hydrogens is 167 g/mol. The summed E-state index contributed by atoms with van der Waals surface area (Å²) in [4.78, 5) is 9.49. The van der Waals surface area contributed by atoms with Gasteiger partial charge in [0.15, 0.2) is 0 Å². The smallest absolute Gasteiger partial charge is 0.143 e. The zero-order valence-electron chi connectivity index (χ0n) is 6.69. The lowest BCUT2D eigenvalue weighted by Crippen LogP contribution is -1.88. The Hall–Kier alpha value is -0.895. The van der Waals surface area contributed by atoms with E-state index in [4.69, 9.17) is 7.85 Å². The van der Waals surface area contributed by atoms with E-state index in [-0.39, 0.29) is 5.82 Å². The predicted octanol–water partition coefficient (Wildman–Crippen LogP) is 1.92. The Morgan fingerprint density at radius 1 is 1.58 bits per heavy atom. The Kier molecular flexibility index (Phi) is 1.85. The van der Waals surface area contributed by atoms with Crippen LogP contribution in [0.15, 0.2) is 18.3 Å². The van der Waals surface area contributed by atoms with Gasteiger partial charge in [0.05, 0.1) is 12.9 Å². The molecule has 0 aliphatic rings. The van der Waals surface area contributed by atoms with Crippen molar-refractivity contribution in [3.63, 3.8) is 0 Å². The fourth-order valence-corrected chi connectivity index (χ4v) is 1.84. The molecule has 0 aromatic carbocycles. The number of fused-ring (bicyclic) bond motifs is 1. The summed E-state index contributed by atoms with van der Waals surface area (Å²) in [6, 6.07) is 3.83. The lowest BCUT2D eigenvalue weighted by atomic mass is 9.91. The van der Waals surface area contributed by atoms with Crippen molar-refractivity contribution in [3.05, 3.63) is 23.3 Å². The summed E-state index contributed by atoms with van der Waals surface area (Å²) in [6.07, 6.45) is 1.77. The van der Waals surface area contributed by atoms with E-state index in [1.807, 2.05) is 19.1 Å². The zero-order chi connectivity index (χ0) is 8.55. The van der Waals surface area contributed by atoms with E-state index < -0.39 is 0 Å². The second kappa shape index (κ2) is 2.86. The second-order valence-corrected chi connectivity index (χ2v) is 3.68. The average Bonchev–Trinajstić information content (AvgIpc) is 2.46. The molecule has 2 heterocycles. The van der Waals surface area contributed by atoms with Gasteiger partial charge in [0.25, 0.3) is 0 Å². The molecule has 2 radical (unpaired) electrons. The van der Waals surface area contributed by atoms with Crippen molar-refractivity contribution in [2.75, 3.05) is 0 Å². The van der Waals surface area contributed by atoms with Gasteiger partial charge in [0.2, 0.25) is 0 Å². The minimum Gasteiger partial charge on any atom is -0.244 e. The highest BCUT2D eigenvalue weighted by Crippen LogP contribution is 2.23. The van der Waals surface area contributed by atoms with Crippen molar-refractivity contribution in [3.8, 4) is 0 Å². The van der Waals surface area contributed by atoms with Crippen LogP contribution in [0.25, 0.3) is 10.3 Å². The summed E-state index contributed by atoms with van der Waals surface area (Å²) in [7, 11) is 5.70. The quantitative estimate of drug-likeness (QED) is 0.617. The first-order valence-corrected chi connectivity index (χ1v) is 4.56. The number of aromatic nitrogens is 2. The van der Waals surface area contributed by atoms with E-state index in [2.05, 4.69) is 9.97 Å². The summed E-state index contributed by atoms with van der Waals surface area (Å²) >= 11 is 1.56. The van der Waals surface area contributed by atoms with Crippen LogP contribution in [0.5, 0.6) is 0 Å². The topological polar surface area (TPSA) is 25.8 Å². The number of hydrogen-bond acceptors (Lipinski definition) is 3. The second-order valence-electron chi connectivity index (χ2n) is 2.67. The van der Waals surface area contributed by atoms with Gasteiger partial charge in [0, 0.05) is 6.20 Å². The van der Waals surface area contributed by atoms with Gasteiger partial charge in [-0.2, -0.15) is 0 Å². The van der Waals surface area contributed by atoms with Gasteiger partial charge in [-0.3, -0.25) is 0 Å². The minimum absolute atomic E-state index is 0.00389. The molecule has 0 fully saturated rings. The molecule has 0 spiro atoms. The van der Waals surface area contributed by atoms with Gasteiger partial charge in [-0.15, -0.1) is 0 Å². The molecule has 12 heavy (non-hydrogen) atoms. The molecular formula is C8H7BN2S. The van der Waals surface area contributed by atoms with Crippen LogP contribution >= 0.6 is 11.3 Å². The molecule has 0 bridgehead atoms. The van der Waals surface area contributed by atoms with Gasteiger partial charge >= 0.3 is 0 Å². The number of hydrogen-bond donors (Lipinski definition) is 0. The molecule has 1 atom stereocenters. The van der Waals surface area contributed by atoms with Crippen LogP contribution in [0.3, 0.4) is 0 Å². The first kappa shape index (κ1) is 7.74. The first-order valence-electron chi connectivity index (χ1n) is 3.74. The lowest BCUT2D eigenvalue weighted by molar-refractivity contribution is 1.06. The molecule has 0 amide bonds. The fourth-order valence-electron chi connectivity index (χ4n) is 0.981. The fraction of sp³-hybridized carbons (Fsp3) is 0.250. The first-order chi connectivity index (χ1) is 5.77. The Morgan fingerprint density at radius 2 is 2.42 bits per heavy atom. The van der Waals surface area contributed by atoms with Crippen LogP contribution in [-0.4, -0.2) is 17.8 Å². The van der Waals surface area contributed by atoms with E-state index in [0.717, 1.165) is 15.4 Å². The van der Waals surface area contributed by atoms with Crippen molar-refractivity contribution >= 4 is 29.5 Å². The minimum atomic E-state index is 0.00389. The van der Waals surface area contributed by atoms with Crippen LogP contribution < -0.4 is 0 Å². The van der Waals surface area contributed by atoms with Crippen LogP contribution in [0, 0.1) is 0 Å². The third kappa shape index (κ3) is 1.22. The summed E-state index contributed by atoms with van der Waals surface area (Å²) in [5.41, 5.74) is 0.940. The Labute approximate surface area is 76.1 Å². The van der Waals surface area contributed by atoms with E-state index in [1.54, 1.807) is 17.5 Å². The molecule has 0 saturated heterocycles. The third-order valence-corrected chi connectivity index (χ3v) is 2.75. The van der Waals surface area contributed by atoms with Crippen molar-refractivity contribution in [1.29, 1.82) is 0 Å². The highest BCUT2D eigenvalue weighted by Gasteiger charge is 2.06. The third-order valence-electron chi connectivity index (χ3n) is 1.57. The Bertz CT molecular complexity index is 364. The molecule has 2 aromatic rings. The zero-order valence-corrected chi connectivity index (χ0v) is 7.51. The van der Waals surface area contributed by atoms with Crippen LogP contribution in [0.2, 0.25) is 0 Å². The van der Waals surface area contributed by atoms with Gasteiger partial charge in [-0.05, 0) is 17.9 Å². The number of pyridine rings is 1. The van der Waals surface area contributed by atoms with Gasteiger partial charge in [0.1, 0.15) is 10.3 Å². The molecule has 2 nitrogen and oxygen atoms in total. The molecule has 0 saturated carbocycles. The standard InChI is InChI=1S/C8H7BN2S/c1-5(9)7-11-6-3-2-4-10-8(6)12-7/h2-5H,1H3. The average molecular weight is 174 g/mol. The Morgan fingerprint density at radius 3 is 3.08 bits per heavy atom. The maximum atomic E-state index is 5.70. The van der Waals surface area contributed by atoms with E-state index >= 15 is 0 Å². The van der Waals surface area contributed by atoms with Crippen molar-refractivity contribution in [2.24, 2.45) is 0 Å². The normalized spacial score (nSPS) is 13.4. The maximum Gasteiger partial charge on any atom is 0.143 e. The molecule has 2 aromatic heterocycles. The SMILES string of the molecule is [B]C(C)c1nc2cccnc2s1. The van der Waals surface area contributed by atoms with E-state index in [1.165, 1.54) is 0 Å². The van der Waals surface area contributed by atoms with Crippen molar-refractivity contribution in [1.82, 2.24) is 9.97 Å². The molecule has 0 aliphatic carbocycles. The monoisotopic (exact) mass is 174 g/mol. The van der Waals surface area contributed by atoms with Crippen molar-refractivity contribution < 1.29 is 0 Å². The number of rotatable bonds is 1. The van der Waals surface area contributed by atoms with Gasteiger partial charge in [-0.1, -0.05) is 18.3 Å². The highest BCUT2D eigenvalue weighted by molar-refractivity contribution is 7.18. The lowest BCUT2D eigenvalue weighted by Gasteiger charge is -1.94. The van der Waals surface area contributed by atoms with Crippen molar-refractivity contribution in [2.45, 2.75) is 12.7 Å². The van der Waals surface area contributed by atoms with E-state index in [9.17, 15) is 0 Å². The van der Waals surface area contributed by atoms with E-state index in [0.29, 0.717) is 0 Å². The molecule has 0 aliphatic heterocycles. The summed E-state index contributed by atoms with van der Waals surface area (Å²) in [5, 5.41) is 0.948. The molecule has 1 unspecified atom stereocenters. The molecule has 0 N–H and O–H groups in total. The summed E-state index contributed by atoms with van der Waals surface area (Å²) < 4.78 is 0. The Balaban J connectivity index is 2.62. The van der Waals surface area contributed by atoms with Crippen LogP contribution in [0.1, 0.15) is 17.7 Å². The highest BCUT2D eigenvalue weighted by atomic mass is 32.1. The number of thiazole rings is 1. The largest absolute Gasteiger partial charge is 0.244 e. The summed E-state index contributed by atoms with van der Waals surface area (Å²) in [6.45, 7) is 1.93. The van der Waals surface area contributed by atoms with Crippen LogP contribution in [0.4, 0.5) is 0 Å². The number of nitrogens with zero attached hydrogens (tertiary/aromatic N) is 2. The molecule has 4 heteroatoms. The van der Waals surface area contributed by atoms with Gasteiger partial charge in [-0.25, -0.2) is 9.97 Å². The van der Waals surface area contributed by atoms with Crippen LogP contribution in [-0.2, 0) is 0 Å².